The molecule has 0 aromatic rings. The Morgan fingerprint density at radius 1 is 1.47 bits per heavy atom. The largest absolute Gasteiger partial charge is 0.380 e. The van der Waals surface area contributed by atoms with Gasteiger partial charge in [-0.15, -0.1) is 0 Å². The summed E-state index contributed by atoms with van der Waals surface area (Å²) in [6, 6.07) is 0. The van der Waals surface area contributed by atoms with Gasteiger partial charge in [0.15, 0.2) is 0 Å². The van der Waals surface area contributed by atoms with E-state index < -0.39 is 0 Å². The topological polar surface area (TPSA) is 30.5 Å². The van der Waals surface area contributed by atoms with Crippen LogP contribution < -0.4 is 5.32 Å². The molecule has 0 aromatic heterocycles. The molecule has 0 spiro atoms. The molecule has 4 heteroatoms. The molecule has 1 fully saturated rings. The first kappa shape index (κ1) is 13.3. The zero-order chi connectivity index (χ0) is 10.9. The van der Waals surface area contributed by atoms with E-state index in [1.807, 2.05) is 18.7 Å². The van der Waals surface area contributed by atoms with Crippen LogP contribution in [0.15, 0.2) is 0 Å². The zero-order valence-corrected chi connectivity index (χ0v) is 10.6. The van der Waals surface area contributed by atoms with E-state index in [1.165, 1.54) is 12.2 Å². The minimum Gasteiger partial charge on any atom is -0.380 e. The summed E-state index contributed by atoms with van der Waals surface area (Å²) in [6.07, 6.45) is 1.66. The van der Waals surface area contributed by atoms with Crippen molar-refractivity contribution in [2.75, 3.05) is 38.7 Å². The van der Waals surface area contributed by atoms with Crippen molar-refractivity contribution >= 4 is 11.8 Å². The van der Waals surface area contributed by atoms with E-state index >= 15 is 0 Å². The number of ether oxygens (including phenoxy) is 2. The molecule has 90 valence electrons. The Labute approximate surface area is 97.3 Å². The quantitative estimate of drug-likeness (QED) is 0.644. The fourth-order valence-corrected chi connectivity index (χ4v) is 2.80. The molecule has 1 heterocycles. The van der Waals surface area contributed by atoms with Crippen molar-refractivity contribution in [2.45, 2.75) is 31.6 Å². The molecule has 0 bridgehead atoms. The van der Waals surface area contributed by atoms with Crippen LogP contribution in [0, 0.1) is 0 Å². The highest BCUT2D eigenvalue weighted by atomic mass is 32.2. The molecule has 1 aliphatic heterocycles. The maximum Gasteiger partial charge on any atom is 0.0666 e. The van der Waals surface area contributed by atoms with Crippen molar-refractivity contribution in [1.82, 2.24) is 5.32 Å². The van der Waals surface area contributed by atoms with Crippen molar-refractivity contribution in [3.8, 4) is 0 Å². The molecule has 1 N–H and O–H groups in total. The van der Waals surface area contributed by atoms with Gasteiger partial charge in [0.2, 0.25) is 0 Å². The summed E-state index contributed by atoms with van der Waals surface area (Å²) in [7, 11) is 0. The molecule has 0 aliphatic carbocycles. The summed E-state index contributed by atoms with van der Waals surface area (Å²) in [5, 5.41) is 4.08. The van der Waals surface area contributed by atoms with E-state index in [1.54, 1.807) is 0 Å². The molecule has 1 rings (SSSR count). The van der Waals surface area contributed by atoms with E-state index in [0.29, 0.717) is 11.4 Å². The lowest BCUT2D eigenvalue weighted by Crippen LogP contribution is -2.24. The van der Waals surface area contributed by atoms with E-state index in [0.717, 1.165) is 32.9 Å². The standard InChI is InChI=1S/C11H23NO2S/c1-3-13-8-5-12-6-9-15-11-4-7-14-10(11)2/h10-12H,3-9H2,1-2H3. The lowest BCUT2D eigenvalue weighted by Gasteiger charge is -2.13. The molecule has 1 saturated heterocycles. The Bertz CT molecular complexity index is 158. The summed E-state index contributed by atoms with van der Waals surface area (Å²) in [4.78, 5) is 0. The third-order valence-corrected chi connectivity index (χ3v) is 4.03. The van der Waals surface area contributed by atoms with Crippen molar-refractivity contribution in [3.05, 3.63) is 0 Å². The van der Waals surface area contributed by atoms with E-state index in [-0.39, 0.29) is 0 Å². The zero-order valence-electron chi connectivity index (χ0n) is 9.83. The molecule has 0 aromatic carbocycles. The van der Waals surface area contributed by atoms with Crippen LogP contribution in [-0.2, 0) is 9.47 Å². The normalized spacial score (nSPS) is 26.0. The van der Waals surface area contributed by atoms with Crippen LogP contribution in [0.2, 0.25) is 0 Å². The highest BCUT2D eigenvalue weighted by molar-refractivity contribution is 8.00. The molecule has 2 unspecified atom stereocenters. The smallest absolute Gasteiger partial charge is 0.0666 e. The van der Waals surface area contributed by atoms with Crippen LogP contribution in [0.25, 0.3) is 0 Å². The third-order valence-electron chi connectivity index (χ3n) is 2.54. The third kappa shape index (κ3) is 5.76. The lowest BCUT2D eigenvalue weighted by atomic mass is 10.3. The molecule has 1 aliphatic rings. The maximum absolute atomic E-state index is 5.51. The molecular weight excluding hydrogens is 210 g/mol. The van der Waals surface area contributed by atoms with Gasteiger partial charge in [-0.2, -0.15) is 11.8 Å². The SMILES string of the molecule is CCOCCNCCSC1CCOC1C. The van der Waals surface area contributed by atoms with Crippen molar-refractivity contribution in [3.63, 3.8) is 0 Å². The van der Waals surface area contributed by atoms with Crippen LogP contribution in [0.3, 0.4) is 0 Å². The average molecular weight is 233 g/mol. The van der Waals surface area contributed by atoms with Gasteiger partial charge < -0.3 is 14.8 Å². The fraction of sp³-hybridized carbons (Fsp3) is 1.00. The first-order chi connectivity index (χ1) is 7.34. The second-order valence-electron chi connectivity index (χ2n) is 3.72. The summed E-state index contributed by atoms with van der Waals surface area (Å²) >= 11 is 2.03. The van der Waals surface area contributed by atoms with Gasteiger partial charge in [-0.1, -0.05) is 0 Å². The van der Waals surface area contributed by atoms with Gasteiger partial charge in [0.05, 0.1) is 12.7 Å². The fourth-order valence-electron chi connectivity index (χ4n) is 1.63. The van der Waals surface area contributed by atoms with E-state index in [2.05, 4.69) is 12.2 Å². The molecule has 15 heavy (non-hydrogen) atoms. The predicted octanol–water partition coefficient (Wildman–Crippen LogP) is 1.52. The molecule has 2 atom stereocenters. The summed E-state index contributed by atoms with van der Waals surface area (Å²) in [5.41, 5.74) is 0. The number of hydrogen-bond donors (Lipinski definition) is 1. The molecule has 0 saturated carbocycles. The Morgan fingerprint density at radius 2 is 2.33 bits per heavy atom. The Kier molecular flexibility index (Phi) is 7.44. The monoisotopic (exact) mass is 233 g/mol. The summed E-state index contributed by atoms with van der Waals surface area (Å²) in [6.45, 7) is 8.81. The minimum absolute atomic E-state index is 0.443. The predicted molar refractivity (Wildman–Crippen MR) is 65.6 cm³/mol. The molecule has 3 nitrogen and oxygen atoms in total. The van der Waals surface area contributed by atoms with E-state index in [9.17, 15) is 0 Å². The highest BCUT2D eigenvalue weighted by Crippen LogP contribution is 2.25. The second kappa shape index (κ2) is 8.39. The van der Waals surface area contributed by atoms with Crippen molar-refractivity contribution in [1.29, 1.82) is 0 Å². The first-order valence-electron chi connectivity index (χ1n) is 5.86. The van der Waals surface area contributed by atoms with Gasteiger partial charge in [-0.05, 0) is 20.3 Å². The molecule has 0 amide bonds. The van der Waals surface area contributed by atoms with Gasteiger partial charge >= 0.3 is 0 Å². The highest BCUT2D eigenvalue weighted by Gasteiger charge is 2.23. The first-order valence-corrected chi connectivity index (χ1v) is 6.91. The minimum atomic E-state index is 0.443. The Balaban J connectivity index is 1.84. The number of hydrogen-bond acceptors (Lipinski definition) is 4. The van der Waals surface area contributed by atoms with Crippen LogP contribution in [0.4, 0.5) is 0 Å². The van der Waals surface area contributed by atoms with Gasteiger partial charge in [-0.25, -0.2) is 0 Å². The van der Waals surface area contributed by atoms with Crippen molar-refractivity contribution in [2.24, 2.45) is 0 Å². The van der Waals surface area contributed by atoms with Crippen LogP contribution in [0.5, 0.6) is 0 Å². The number of thioether (sulfide) groups is 1. The average Bonchev–Trinajstić information content (AvgIpc) is 2.63. The van der Waals surface area contributed by atoms with Gasteiger partial charge in [0.1, 0.15) is 0 Å². The van der Waals surface area contributed by atoms with Crippen LogP contribution in [-0.4, -0.2) is 50.0 Å². The Hall–Kier alpha value is 0.230. The summed E-state index contributed by atoms with van der Waals surface area (Å²) in [5.74, 6) is 1.17. The Morgan fingerprint density at radius 3 is 3.00 bits per heavy atom. The summed E-state index contributed by atoms with van der Waals surface area (Å²) < 4.78 is 10.8. The number of nitrogens with one attached hydrogen (secondary N) is 1. The molecular formula is C11H23NO2S. The van der Waals surface area contributed by atoms with E-state index in [4.69, 9.17) is 9.47 Å². The van der Waals surface area contributed by atoms with Gasteiger partial charge in [-0.3, -0.25) is 0 Å². The van der Waals surface area contributed by atoms with Gasteiger partial charge in [0, 0.05) is 37.3 Å². The number of rotatable bonds is 8. The second-order valence-corrected chi connectivity index (χ2v) is 5.07. The van der Waals surface area contributed by atoms with Crippen molar-refractivity contribution < 1.29 is 9.47 Å². The maximum atomic E-state index is 5.51. The van der Waals surface area contributed by atoms with Crippen LogP contribution >= 0.6 is 11.8 Å². The van der Waals surface area contributed by atoms with Crippen LogP contribution in [0.1, 0.15) is 20.3 Å². The lowest BCUT2D eigenvalue weighted by molar-refractivity contribution is 0.127. The van der Waals surface area contributed by atoms with Gasteiger partial charge in [0.25, 0.3) is 0 Å². The molecule has 0 radical (unpaired) electrons.